The van der Waals surface area contributed by atoms with Crippen molar-refractivity contribution in [3.63, 3.8) is 0 Å². The Balaban J connectivity index is 1.03. The van der Waals surface area contributed by atoms with Crippen LogP contribution in [0, 0.1) is 5.82 Å². The third-order valence-corrected chi connectivity index (χ3v) is 8.96. The van der Waals surface area contributed by atoms with Gasteiger partial charge in [-0.2, -0.15) is 0 Å². The summed E-state index contributed by atoms with van der Waals surface area (Å²) in [5.74, 6) is -2.04. The molecule has 0 N–H and O–H groups in total. The zero-order chi connectivity index (χ0) is 43.6. The van der Waals surface area contributed by atoms with Gasteiger partial charge in [0.1, 0.15) is 40.1 Å². The Morgan fingerprint density at radius 2 is 0.820 bits per heavy atom. The van der Waals surface area contributed by atoms with Crippen molar-refractivity contribution in [1.82, 2.24) is 0 Å². The summed E-state index contributed by atoms with van der Waals surface area (Å²) in [6.45, 7) is 0. The molecule has 0 spiro atoms. The van der Waals surface area contributed by atoms with Gasteiger partial charge in [0.2, 0.25) is 0 Å². The molecule has 0 saturated heterocycles. The van der Waals surface area contributed by atoms with Gasteiger partial charge in [-0.25, -0.2) is 23.6 Å². The lowest BCUT2D eigenvalue weighted by Gasteiger charge is -2.13. The average Bonchev–Trinajstić information content (AvgIpc) is 3.28. The van der Waals surface area contributed by atoms with E-state index in [0.717, 1.165) is 6.07 Å². The number of halogens is 1. The molecule has 0 atom stereocenters. The van der Waals surface area contributed by atoms with Crippen LogP contribution in [-0.2, 0) is 0 Å². The summed E-state index contributed by atoms with van der Waals surface area (Å²) in [4.78, 5) is 63.1. The van der Waals surface area contributed by atoms with Crippen molar-refractivity contribution < 1.29 is 71.0 Å². The van der Waals surface area contributed by atoms with Gasteiger partial charge in [-0.15, -0.1) is 0 Å². The van der Waals surface area contributed by atoms with E-state index in [2.05, 4.69) is 0 Å². The third-order valence-electron chi connectivity index (χ3n) is 8.96. The van der Waals surface area contributed by atoms with Crippen LogP contribution in [0.5, 0.6) is 51.7 Å². The van der Waals surface area contributed by atoms with Crippen LogP contribution in [0.25, 0.3) is 11.1 Å². The first-order chi connectivity index (χ1) is 29.5. The number of benzene rings is 6. The molecule has 310 valence electrons. The minimum atomic E-state index is -0.828. The van der Waals surface area contributed by atoms with Crippen molar-refractivity contribution in [2.24, 2.45) is 0 Å². The number of methoxy groups -OCH3 is 5. The van der Waals surface area contributed by atoms with Crippen LogP contribution < -0.4 is 42.6 Å². The highest BCUT2D eigenvalue weighted by Crippen LogP contribution is 2.36. The van der Waals surface area contributed by atoms with Crippen LogP contribution in [-0.4, -0.2) is 65.7 Å². The summed E-state index contributed by atoms with van der Waals surface area (Å²) in [5, 5.41) is 0. The SMILES string of the molecule is COc1cc(C=O)c(C(=O)Oc2ccc(C(=O)Oc3ccc(-c4ccc(OC(=O)c5ccc(OC(=O)c6cc(OC)c(OC)cc6OC)cc5)cc4F)cc3)cc2)cc1OC. The number of rotatable bonds is 15. The summed E-state index contributed by atoms with van der Waals surface area (Å²) in [6, 6.07) is 26.7. The Morgan fingerprint density at radius 3 is 1.30 bits per heavy atom. The highest BCUT2D eigenvalue weighted by atomic mass is 19.1. The van der Waals surface area contributed by atoms with Crippen LogP contribution in [0.4, 0.5) is 4.39 Å². The van der Waals surface area contributed by atoms with E-state index < -0.39 is 29.7 Å². The lowest BCUT2D eigenvalue weighted by atomic mass is 10.0. The Kier molecular flexibility index (Phi) is 13.2. The maximum absolute atomic E-state index is 15.3. The molecule has 61 heavy (non-hydrogen) atoms. The first kappa shape index (κ1) is 42.4. The summed E-state index contributed by atoms with van der Waals surface area (Å²) in [6.07, 6.45) is 0.492. The first-order valence-corrected chi connectivity index (χ1v) is 18.0. The highest BCUT2D eigenvalue weighted by Gasteiger charge is 2.22. The van der Waals surface area contributed by atoms with E-state index in [4.69, 9.17) is 42.6 Å². The molecule has 0 fully saturated rings. The molecule has 14 nitrogen and oxygen atoms in total. The van der Waals surface area contributed by atoms with Gasteiger partial charge >= 0.3 is 23.9 Å². The average molecular weight is 831 g/mol. The van der Waals surface area contributed by atoms with E-state index in [9.17, 15) is 24.0 Å². The van der Waals surface area contributed by atoms with E-state index in [1.165, 1.54) is 133 Å². The monoisotopic (exact) mass is 830 g/mol. The number of carbonyl (C=O) groups is 5. The van der Waals surface area contributed by atoms with Crippen molar-refractivity contribution >= 4 is 30.2 Å². The molecule has 0 aromatic heterocycles. The molecule has 0 aliphatic heterocycles. The maximum Gasteiger partial charge on any atom is 0.347 e. The Labute approximate surface area is 347 Å². The second-order valence-corrected chi connectivity index (χ2v) is 12.6. The molecule has 15 heteroatoms. The van der Waals surface area contributed by atoms with E-state index in [1.807, 2.05) is 0 Å². The highest BCUT2D eigenvalue weighted by molar-refractivity contribution is 6.00. The van der Waals surface area contributed by atoms with E-state index >= 15 is 4.39 Å². The number of hydrogen-bond acceptors (Lipinski definition) is 14. The topological polar surface area (TPSA) is 168 Å². The molecular weight excluding hydrogens is 795 g/mol. The largest absolute Gasteiger partial charge is 0.496 e. The predicted octanol–water partition coefficient (Wildman–Crippen LogP) is 8.23. The first-order valence-electron chi connectivity index (χ1n) is 18.0. The molecule has 0 aliphatic rings. The standard InChI is InChI=1S/C46H35FO14/c1-53-38-24-42(57-5)41(56-4)23-36(38)46(52)60-32-16-10-28(11-17-32)44(50)61-33-18-19-34(37(47)21-33)26-6-12-30(13-7-26)58-43(49)27-8-14-31(15-9-27)59-45(51)35-22-40(55-3)39(54-2)20-29(35)25-48/h6-25H,1-5H3. The Bertz CT molecular complexity index is 2600. The van der Waals surface area contributed by atoms with Gasteiger partial charge < -0.3 is 42.6 Å². The third kappa shape index (κ3) is 9.75. The van der Waals surface area contributed by atoms with Gasteiger partial charge in [0.05, 0.1) is 52.2 Å². The van der Waals surface area contributed by atoms with Crippen molar-refractivity contribution in [1.29, 1.82) is 0 Å². The van der Waals surface area contributed by atoms with E-state index in [1.54, 1.807) is 12.1 Å². The van der Waals surface area contributed by atoms with Crippen molar-refractivity contribution in [2.45, 2.75) is 0 Å². The Morgan fingerprint density at radius 1 is 0.426 bits per heavy atom. The molecule has 0 bridgehead atoms. The van der Waals surface area contributed by atoms with Gasteiger partial charge in [-0.3, -0.25) is 4.79 Å². The summed E-state index contributed by atoms with van der Waals surface area (Å²) < 4.78 is 63.2. The quantitative estimate of drug-likeness (QED) is 0.0551. The summed E-state index contributed by atoms with van der Waals surface area (Å²) >= 11 is 0. The van der Waals surface area contributed by atoms with Crippen molar-refractivity contribution in [3.8, 4) is 62.9 Å². The number of hydrogen-bond donors (Lipinski definition) is 0. The number of carbonyl (C=O) groups excluding carboxylic acids is 5. The van der Waals surface area contributed by atoms with Crippen LogP contribution in [0.15, 0.2) is 115 Å². The van der Waals surface area contributed by atoms with Gasteiger partial charge in [0, 0.05) is 29.3 Å². The molecule has 0 aliphatic carbocycles. The number of esters is 4. The second kappa shape index (κ2) is 19.0. The lowest BCUT2D eigenvalue weighted by molar-refractivity contribution is 0.0718. The molecule has 0 saturated carbocycles. The fraction of sp³-hybridized carbons (Fsp3) is 0.109. The number of aldehydes is 1. The molecule has 0 radical (unpaired) electrons. The van der Waals surface area contributed by atoms with Crippen molar-refractivity contribution in [2.75, 3.05) is 35.5 Å². The van der Waals surface area contributed by atoms with Crippen LogP contribution >= 0.6 is 0 Å². The van der Waals surface area contributed by atoms with E-state index in [-0.39, 0.29) is 73.6 Å². The van der Waals surface area contributed by atoms with Crippen molar-refractivity contribution in [3.05, 3.63) is 149 Å². The summed E-state index contributed by atoms with van der Waals surface area (Å²) in [7, 11) is 7.05. The minimum Gasteiger partial charge on any atom is -0.496 e. The number of ether oxygens (including phenoxy) is 9. The van der Waals surface area contributed by atoms with Crippen LogP contribution in [0.3, 0.4) is 0 Å². The second-order valence-electron chi connectivity index (χ2n) is 12.6. The maximum atomic E-state index is 15.3. The van der Waals surface area contributed by atoms with Gasteiger partial charge in [0.25, 0.3) is 0 Å². The van der Waals surface area contributed by atoms with Crippen LogP contribution in [0.1, 0.15) is 51.8 Å². The smallest absolute Gasteiger partial charge is 0.347 e. The molecule has 0 heterocycles. The zero-order valence-corrected chi connectivity index (χ0v) is 33.1. The van der Waals surface area contributed by atoms with Gasteiger partial charge in [-0.05, 0) is 90.5 Å². The molecular formula is C46H35FO14. The molecule has 6 rings (SSSR count). The molecule has 0 amide bonds. The van der Waals surface area contributed by atoms with Crippen LogP contribution in [0.2, 0.25) is 0 Å². The predicted molar refractivity (Wildman–Crippen MR) is 216 cm³/mol. The zero-order valence-electron chi connectivity index (χ0n) is 33.1. The van der Waals surface area contributed by atoms with Gasteiger partial charge in [-0.1, -0.05) is 12.1 Å². The van der Waals surface area contributed by atoms with E-state index in [0.29, 0.717) is 23.3 Å². The molecule has 6 aromatic rings. The molecule has 6 aromatic carbocycles. The minimum absolute atomic E-state index is 0.0360. The summed E-state index contributed by atoms with van der Waals surface area (Å²) in [5.41, 5.74) is 0.967. The fourth-order valence-electron chi connectivity index (χ4n) is 5.83. The normalized spacial score (nSPS) is 10.5. The lowest BCUT2D eigenvalue weighted by Crippen LogP contribution is -2.12. The fourth-order valence-corrected chi connectivity index (χ4v) is 5.83. The Hall–Kier alpha value is -8.20. The van der Waals surface area contributed by atoms with Gasteiger partial charge in [0.15, 0.2) is 29.3 Å². The molecule has 0 unspecified atom stereocenters.